The molecule has 3 aliphatic heterocycles. The predicted octanol–water partition coefficient (Wildman–Crippen LogP) is 1.43. The maximum absolute atomic E-state index is 14.1. The number of benzene rings is 1. The molecular formula is C29H36N8O4. The first-order valence-electron chi connectivity index (χ1n) is 14.1. The van der Waals surface area contributed by atoms with Crippen molar-refractivity contribution in [2.45, 2.75) is 77.0 Å². The van der Waals surface area contributed by atoms with Crippen molar-refractivity contribution >= 4 is 35.5 Å². The van der Waals surface area contributed by atoms with Gasteiger partial charge in [-0.15, -0.1) is 0 Å². The fourth-order valence-corrected chi connectivity index (χ4v) is 5.84. The number of nitrogens with one attached hydrogen (secondary N) is 3. The van der Waals surface area contributed by atoms with Crippen LogP contribution in [-0.4, -0.2) is 75.3 Å². The van der Waals surface area contributed by atoms with Crippen molar-refractivity contribution in [3.63, 3.8) is 0 Å². The van der Waals surface area contributed by atoms with E-state index in [0.717, 1.165) is 16.8 Å². The molecule has 0 radical (unpaired) electrons. The van der Waals surface area contributed by atoms with Crippen LogP contribution in [0, 0.1) is 5.92 Å². The van der Waals surface area contributed by atoms with Crippen LogP contribution >= 0.6 is 0 Å². The Morgan fingerprint density at radius 3 is 2.76 bits per heavy atom. The summed E-state index contributed by atoms with van der Waals surface area (Å²) in [5, 5.41) is 16.1. The average Bonchev–Trinajstić information content (AvgIpc) is 3.73. The number of aromatic amines is 1. The maximum Gasteiger partial charge on any atom is 0.250 e. The van der Waals surface area contributed by atoms with E-state index in [1.807, 2.05) is 38.1 Å². The van der Waals surface area contributed by atoms with Crippen molar-refractivity contribution in [1.82, 2.24) is 30.9 Å². The Bertz CT molecular complexity index is 1390. The van der Waals surface area contributed by atoms with Gasteiger partial charge >= 0.3 is 0 Å². The molecular weight excluding hydrogens is 524 g/mol. The minimum Gasteiger partial charge on any atom is -0.348 e. The van der Waals surface area contributed by atoms with Gasteiger partial charge in [0.1, 0.15) is 23.8 Å². The van der Waals surface area contributed by atoms with Crippen molar-refractivity contribution in [3.8, 4) is 0 Å². The van der Waals surface area contributed by atoms with Gasteiger partial charge in [0.2, 0.25) is 23.6 Å². The first-order chi connectivity index (χ1) is 19.8. The molecule has 2 aromatic rings. The molecule has 4 amide bonds. The normalized spacial score (nSPS) is 20.6. The highest BCUT2D eigenvalue weighted by atomic mass is 16.2. The number of likely N-dealkylation sites (N-methyl/N-ethyl adjacent to an activating group) is 1. The van der Waals surface area contributed by atoms with Crippen molar-refractivity contribution in [2.24, 2.45) is 10.9 Å². The summed E-state index contributed by atoms with van der Waals surface area (Å²) in [5.41, 5.74) is 3.92. The van der Waals surface area contributed by atoms with Crippen LogP contribution in [0.1, 0.15) is 56.4 Å². The van der Waals surface area contributed by atoms with Crippen LogP contribution in [0.15, 0.2) is 41.2 Å². The van der Waals surface area contributed by atoms with Crippen LogP contribution in [0.5, 0.6) is 0 Å². The van der Waals surface area contributed by atoms with Gasteiger partial charge in [0.15, 0.2) is 0 Å². The van der Waals surface area contributed by atoms with Crippen molar-refractivity contribution in [3.05, 3.63) is 53.0 Å². The summed E-state index contributed by atoms with van der Waals surface area (Å²) < 4.78 is 0. The second-order valence-electron chi connectivity index (χ2n) is 10.9. The van der Waals surface area contributed by atoms with Crippen LogP contribution in [0.25, 0.3) is 0 Å². The number of carbonyl (C=O) groups excluding carboxylic acids is 4. The Balaban J connectivity index is 1.34. The zero-order chi connectivity index (χ0) is 29.1. The molecule has 0 unspecified atom stereocenters. The van der Waals surface area contributed by atoms with E-state index < -0.39 is 18.1 Å². The molecule has 0 saturated carbocycles. The Labute approximate surface area is 238 Å². The lowest BCUT2D eigenvalue weighted by Crippen LogP contribution is -2.58. The molecule has 12 nitrogen and oxygen atoms in total. The molecule has 0 bridgehead atoms. The number of nitrogens with zero attached hydrogens (tertiary/aromatic N) is 5. The highest BCUT2D eigenvalue weighted by Gasteiger charge is 2.44. The highest BCUT2D eigenvalue weighted by molar-refractivity contribution is 6.08. The van der Waals surface area contributed by atoms with Crippen molar-refractivity contribution < 1.29 is 19.2 Å². The van der Waals surface area contributed by atoms with Gasteiger partial charge in [-0.1, -0.05) is 44.5 Å². The Kier molecular flexibility index (Phi) is 8.27. The Hall–Kier alpha value is -4.35. The van der Waals surface area contributed by atoms with E-state index in [0.29, 0.717) is 43.5 Å². The van der Waals surface area contributed by atoms with Crippen LogP contribution < -0.4 is 15.5 Å². The summed E-state index contributed by atoms with van der Waals surface area (Å²) in [7, 11) is 1.63. The molecule has 0 fully saturated rings. The number of aromatic nitrogens is 3. The standard InChI is InChI=1S/C29H36N8O4/c1-4-17(2)25(36(3)24(38)14-20-9-6-12-30-20)28(40)33-22-11-10-18-7-5-8-19-13-23(37(26(18)19)29(22)41)27(39)31-15-21-16-32-35-34-21/h5,7-9,12,16-17,22-23,25H,4,6,10-11,13-15H2,1-3H3,(H,31,39)(H,33,40)(H,32,34,35)/t17-,22-,23-,25-/m0/s1. The topological polar surface area (TPSA) is 153 Å². The number of hydrogen-bond acceptors (Lipinski definition) is 7. The number of amides is 4. The van der Waals surface area contributed by atoms with Crippen LogP contribution in [-0.2, 0) is 38.6 Å². The quantitative estimate of drug-likeness (QED) is 0.400. The second-order valence-corrected chi connectivity index (χ2v) is 10.9. The first-order valence-corrected chi connectivity index (χ1v) is 14.1. The summed E-state index contributed by atoms with van der Waals surface area (Å²) in [6.07, 6.45) is 8.00. The molecule has 0 aliphatic carbocycles. The number of rotatable bonds is 10. The van der Waals surface area contributed by atoms with Gasteiger partial charge in [0.25, 0.3) is 0 Å². The zero-order valence-electron chi connectivity index (χ0n) is 23.6. The summed E-state index contributed by atoms with van der Waals surface area (Å²) in [6, 6.07) is 3.49. The number of allylic oxidation sites excluding steroid dienone is 1. The van der Waals surface area contributed by atoms with Crippen LogP contribution in [0.4, 0.5) is 5.69 Å². The fourth-order valence-electron chi connectivity index (χ4n) is 5.84. The van der Waals surface area contributed by atoms with Gasteiger partial charge in [-0.05, 0) is 29.9 Å². The lowest BCUT2D eigenvalue weighted by atomic mass is 9.95. The van der Waals surface area contributed by atoms with Crippen molar-refractivity contribution in [2.75, 3.05) is 11.9 Å². The van der Waals surface area contributed by atoms with Gasteiger partial charge in [-0.25, -0.2) is 0 Å². The number of H-pyrrole nitrogens is 1. The summed E-state index contributed by atoms with van der Waals surface area (Å²) in [4.78, 5) is 61.5. The minimum atomic E-state index is -0.844. The number of para-hydroxylation sites is 1. The largest absolute Gasteiger partial charge is 0.348 e. The van der Waals surface area contributed by atoms with Gasteiger partial charge in [0, 0.05) is 31.8 Å². The average molecular weight is 561 g/mol. The Morgan fingerprint density at radius 2 is 2.05 bits per heavy atom. The molecule has 1 aromatic carbocycles. The lowest BCUT2D eigenvalue weighted by molar-refractivity contribution is -0.141. The van der Waals surface area contributed by atoms with Crippen LogP contribution in [0.3, 0.4) is 0 Å². The van der Waals surface area contributed by atoms with E-state index in [-0.39, 0.29) is 42.5 Å². The van der Waals surface area contributed by atoms with E-state index in [1.165, 1.54) is 11.1 Å². The summed E-state index contributed by atoms with van der Waals surface area (Å²) in [6.45, 7) is 4.07. The molecule has 3 aliphatic rings. The molecule has 0 saturated heterocycles. The third-order valence-corrected chi connectivity index (χ3v) is 8.25. The first kappa shape index (κ1) is 28.2. The van der Waals surface area contributed by atoms with Crippen molar-refractivity contribution in [1.29, 1.82) is 0 Å². The van der Waals surface area contributed by atoms with Gasteiger partial charge in [-0.3, -0.25) is 29.1 Å². The number of aryl methyl sites for hydroxylation is 1. The fraction of sp³-hybridized carbons (Fsp3) is 0.483. The number of anilines is 1. The monoisotopic (exact) mass is 560 g/mol. The molecule has 12 heteroatoms. The molecule has 216 valence electrons. The Morgan fingerprint density at radius 1 is 1.24 bits per heavy atom. The third-order valence-electron chi connectivity index (χ3n) is 8.25. The SMILES string of the molecule is CC[C@H](C)[C@@H](C(=O)N[C@H]1CCc2cccc3c2N(C1=O)[C@H](C(=O)NCc1cn[nH]n1)C3)N(C)C(=O)CC1=CCC=N1. The second kappa shape index (κ2) is 12.0. The maximum atomic E-state index is 14.1. The molecule has 0 spiro atoms. The van der Waals surface area contributed by atoms with E-state index in [1.54, 1.807) is 18.2 Å². The molecule has 5 rings (SSSR count). The molecule has 41 heavy (non-hydrogen) atoms. The van der Waals surface area contributed by atoms with E-state index >= 15 is 0 Å². The minimum absolute atomic E-state index is 0.118. The smallest absolute Gasteiger partial charge is 0.250 e. The molecule has 1 aromatic heterocycles. The highest BCUT2D eigenvalue weighted by Crippen LogP contribution is 2.39. The lowest BCUT2D eigenvalue weighted by Gasteiger charge is -2.33. The number of hydrogen-bond donors (Lipinski definition) is 3. The van der Waals surface area contributed by atoms with Gasteiger partial charge in [0.05, 0.1) is 24.8 Å². The summed E-state index contributed by atoms with van der Waals surface area (Å²) >= 11 is 0. The van der Waals surface area contributed by atoms with Gasteiger partial charge < -0.3 is 15.5 Å². The summed E-state index contributed by atoms with van der Waals surface area (Å²) in [5.74, 6) is -1.36. The van der Waals surface area contributed by atoms with E-state index in [9.17, 15) is 19.2 Å². The van der Waals surface area contributed by atoms with E-state index in [4.69, 9.17) is 0 Å². The van der Waals surface area contributed by atoms with Crippen LogP contribution in [0.2, 0.25) is 0 Å². The molecule has 4 heterocycles. The number of aliphatic imine (C=N–C) groups is 1. The number of carbonyl (C=O) groups is 4. The third kappa shape index (κ3) is 5.77. The molecule has 4 atom stereocenters. The van der Waals surface area contributed by atoms with Gasteiger partial charge in [-0.2, -0.15) is 15.4 Å². The zero-order valence-corrected chi connectivity index (χ0v) is 23.6. The van der Waals surface area contributed by atoms with E-state index in [2.05, 4.69) is 31.0 Å². The molecule has 3 N–H and O–H groups in total. The predicted molar refractivity (Wildman–Crippen MR) is 152 cm³/mol.